The molecule has 0 unspecified atom stereocenters. The summed E-state index contributed by atoms with van der Waals surface area (Å²) in [6, 6.07) is 11.8. The van der Waals surface area contributed by atoms with Crippen LogP contribution >= 0.6 is 11.3 Å². The van der Waals surface area contributed by atoms with Crippen LogP contribution in [-0.2, 0) is 4.84 Å². The summed E-state index contributed by atoms with van der Waals surface area (Å²) in [6.07, 6.45) is 0. The number of benzene rings is 2. The monoisotopic (exact) mass is 367 g/mol. The van der Waals surface area contributed by atoms with E-state index in [2.05, 4.69) is 0 Å². The third-order valence-corrected chi connectivity index (χ3v) is 5.51. The average Bonchev–Trinajstić information content (AvgIpc) is 3.12. The molecule has 0 saturated carbocycles. The Kier molecular flexibility index (Phi) is 3.73. The highest BCUT2D eigenvalue weighted by molar-refractivity contribution is 7.21. The number of rotatable bonds is 3. The lowest BCUT2D eigenvalue weighted by Gasteiger charge is -2.12. The van der Waals surface area contributed by atoms with Crippen LogP contribution in [-0.4, -0.2) is 30.0 Å². The lowest BCUT2D eigenvalue weighted by molar-refractivity contribution is -0.0581. The number of aryl methyl sites for hydroxylation is 1. The molecule has 3 aromatic rings. The van der Waals surface area contributed by atoms with E-state index in [1.165, 1.54) is 23.5 Å². The molecule has 0 atom stereocenters. The van der Waals surface area contributed by atoms with Gasteiger partial charge in [0.1, 0.15) is 10.6 Å². The molecule has 6 nitrogen and oxygen atoms in total. The number of hydroxylamine groups is 2. The number of hydrogen-bond acceptors (Lipinski definition) is 6. The van der Waals surface area contributed by atoms with Crippen LogP contribution in [0, 0.1) is 6.92 Å². The molecular formula is C19H13NO5S. The quantitative estimate of drug-likeness (QED) is 0.662. The molecular weight excluding hydrogens is 354 g/mol. The van der Waals surface area contributed by atoms with Gasteiger partial charge in [0.25, 0.3) is 11.8 Å². The number of methoxy groups -OCH3 is 1. The molecule has 2 aromatic carbocycles. The first-order chi connectivity index (χ1) is 12.5. The highest BCUT2D eigenvalue weighted by atomic mass is 32.1. The van der Waals surface area contributed by atoms with Gasteiger partial charge < -0.3 is 9.57 Å². The molecule has 2 heterocycles. The molecule has 0 N–H and O–H groups in total. The Morgan fingerprint density at radius 1 is 1.04 bits per heavy atom. The predicted octanol–water partition coefficient (Wildman–Crippen LogP) is 3.59. The number of hydrogen-bond donors (Lipinski definition) is 0. The van der Waals surface area contributed by atoms with E-state index in [0.717, 1.165) is 10.1 Å². The van der Waals surface area contributed by atoms with Crippen LogP contribution in [0.5, 0.6) is 5.75 Å². The van der Waals surface area contributed by atoms with Crippen molar-refractivity contribution in [2.75, 3.05) is 7.11 Å². The van der Waals surface area contributed by atoms with Crippen LogP contribution in [0.1, 0.15) is 36.0 Å². The maximum Gasteiger partial charge on any atom is 0.374 e. The summed E-state index contributed by atoms with van der Waals surface area (Å²) < 4.78 is 6.10. The molecule has 130 valence electrons. The number of carbonyl (C=O) groups is 3. The van der Waals surface area contributed by atoms with Crippen molar-refractivity contribution in [1.82, 2.24) is 5.06 Å². The fourth-order valence-corrected chi connectivity index (χ4v) is 3.96. The van der Waals surface area contributed by atoms with Gasteiger partial charge in [0.05, 0.1) is 18.2 Å². The van der Waals surface area contributed by atoms with E-state index in [-0.39, 0.29) is 11.1 Å². The van der Waals surface area contributed by atoms with Crippen molar-refractivity contribution in [1.29, 1.82) is 0 Å². The van der Waals surface area contributed by atoms with Gasteiger partial charge in [-0.3, -0.25) is 9.59 Å². The lowest BCUT2D eigenvalue weighted by atomic mass is 10.1. The second-order valence-electron chi connectivity index (χ2n) is 5.75. The third-order valence-electron chi connectivity index (χ3n) is 4.26. The second-order valence-corrected chi connectivity index (χ2v) is 6.80. The molecule has 1 aromatic heterocycles. The maximum absolute atomic E-state index is 12.6. The fourth-order valence-electron chi connectivity index (χ4n) is 2.90. The predicted molar refractivity (Wildman–Crippen MR) is 95.5 cm³/mol. The highest BCUT2D eigenvalue weighted by Gasteiger charge is 2.39. The molecule has 1 aliphatic heterocycles. The number of thiophene rings is 1. The zero-order chi connectivity index (χ0) is 18.4. The number of fused-ring (bicyclic) bond motifs is 2. The minimum atomic E-state index is -0.739. The molecule has 0 fully saturated rings. The van der Waals surface area contributed by atoms with Gasteiger partial charge in [-0.05, 0) is 48.2 Å². The average molecular weight is 367 g/mol. The summed E-state index contributed by atoms with van der Waals surface area (Å²) in [7, 11) is 1.57. The first-order valence-electron chi connectivity index (χ1n) is 7.78. The van der Waals surface area contributed by atoms with Crippen molar-refractivity contribution >= 4 is 39.2 Å². The van der Waals surface area contributed by atoms with Gasteiger partial charge in [0.15, 0.2) is 0 Å². The molecule has 0 saturated heterocycles. The largest absolute Gasteiger partial charge is 0.497 e. The molecule has 26 heavy (non-hydrogen) atoms. The van der Waals surface area contributed by atoms with E-state index < -0.39 is 17.8 Å². The summed E-state index contributed by atoms with van der Waals surface area (Å²) in [5, 5.41) is 1.39. The number of amides is 2. The fraction of sp³-hybridized carbons (Fsp3) is 0.105. The van der Waals surface area contributed by atoms with Crippen molar-refractivity contribution in [2.24, 2.45) is 0 Å². The molecule has 2 amide bonds. The molecule has 0 radical (unpaired) electrons. The van der Waals surface area contributed by atoms with Crippen molar-refractivity contribution in [2.45, 2.75) is 6.92 Å². The van der Waals surface area contributed by atoms with Crippen LogP contribution in [0.3, 0.4) is 0 Å². The van der Waals surface area contributed by atoms with Gasteiger partial charge in [-0.25, -0.2) is 4.79 Å². The van der Waals surface area contributed by atoms with E-state index in [4.69, 9.17) is 9.57 Å². The first kappa shape index (κ1) is 16.3. The number of ether oxygens (including phenoxy) is 1. The Labute approximate surface area is 152 Å². The van der Waals surface area contributed by atoms with Gasteiger partial charge in [0.2, 0.25) is 0 Å². The second kappa shape index (κ2) is 5.96. The third kappa shape index (κ3) is 2.36. The van der Waals surface area contributed by atoms with Crippen LogP contribution < -0.4 is 4.74 Å². The topological polar surface area (TPSA) is 72.9 Å². The summed E-state index contributed by atoms with van der Waals surface area (Å²) in [6.45, 7) is 1.79. The standard InChI is InChI=1S/C19H13NO5S/c1-10-14-9-11(24-2)7-8-15(14)26-16(10)19(23)25-20-17(21)12-5-3-4-6-13(12)18(20)22/h3-9H,1-2H3. The summed E-state index contributed by atoms with van der Waals surface area (Å²) in [5.41, 5.74) is 1.16. The Balaban J connectivity index is 1.65. The minimum absolute atomic E-state index is 0.225. The minimum Gasteiger partial charge on any atom is -0.497 e. The number of carbonyl (C=O) groups excluding carboxylic acids is 3. The van der Waals surface area contributed by atoms with E-state index in [9.17, 15) is 14.4 Å². The van der Waals surface area contributed by atoms with E-state index in [1.54, 1.807) is 32.2 Å². The van der Waals surface area contributed by atoms with Gasteiger partial charge >= 0.3 is 5.97 Å². The Morgan fingerprint density at radius 3 is 2.31 bits per heavy atom. The highest BCUT2D eigenvalue weighted by Crippen LogP contribution is 2.34. The summed E-state index contributed by atoms with van der Waals surface area (Å²) in [5.74, 6) is -1.34. The first-order valence-corrected chi connectivity index (χ1v) is 8.60. The molecule has 0 bridgehead atoms. The van der Waals surface area contributed by atoms with E-state index >= 15 is 0 Å². The molecule has 1 aliphatic rings. The van der Waals surface area contributed by atoms with Crippen LogP contribution in [0.4, 0.5) is 0 Å². The van der Waals surface area contributed by atoms with Gasteiger partial charge in [-0.15, -0.1) is 11.3 Å². The summed E-state index contributed by atoms with van der Waals surface area (Å²) in [4.78, 5) is 42.7. The van der Waals surface area contributed by atoms with Gasteiger partial charge in [-0.1, -0.05) is 17.2 Å². The van der Waals surface area contributed by atoms with Crippen molar-refractivity contribution < 1.29 is 24.0 Å². The Bertz CT molecular complexity index is 1050. The zero-order valence-corrected chi connectivity index (χ0v) is 14.8. The van der Waals surface area contributed by atoms with Crippen LogP contribution in [0.25, 0.3) is 10.1 Å². The van der Waals surface area contributed by atoms with E-state index in [1.807, 2.05) is 12.1 Å². The van der Waals surface area contributed by atoms with Gasteiger partial charge in [0, 0.05) is 4.70 Å². The smallest absolute Gasteiger partial charge is 0.374 e. The van der Waals surface area contributed by atoms with Gasteiger partial charge in [-0.2, -0.15) is 0 Å². The molecule has 4 rings (SSSR count). The Hall–Kier alpha value is -3.19. The molecule has 0 spiro atoms. The van der Waals surface area contributed by atoms with Crippen LogP contribution in [0.2, 0.25) is 0 Å². The Morgan fingerprint density at radius 2 is 1.69 bits per heavy atom. The number of imide groups is 1. The SMILES string of the molecule is COc1ccc2sc(C(=O)ON3C(=O)c4ccccc4C3=O)c(C)c2c1. The van der Waals surface area contributed by atoms with E-state index in [0.29, 0.717) is 21.3 Å². The van der Waals surface area contributed by atoms with Crippen LogP contribution in [0.15, 0.2) is 42.5 Å². The maximum atomic E-state index is 12.6. The van der Waals surface area contributed by atoms with Crippen molar-refractivity contribution in [3.8, 4) is 5.75 Å². The van der Waals surface area contributed by atoms with Crippen molar-refractivity contribution in [3.63, 3.8) is 0 Å². The lowest BCUT2D eigenvalue weighted by Crippen LogP contribution is -2.32. The molecule has 0 aliphatic carbocycles. The molecule has 7 heteroatoms. The van der Waals surface area contributed by atoms with Crippen molar-refractivity contribution in [3.05, 3.63) is 64.0 Å². The summed E-state index contributed by atoms with van der Waals surface area (Å²) >= 11 is 1.24. The normalized spacial score (nSPS) is 13.2. The zero-order valence-electron chi connectivity index (χ0n) is 13.9. The number of nitrogens with zero attached hydrogens (tertiary/aromatic N) is 1.